The lowest BCUT2D eigenvalue weighted by Gasteiger charge is -2.58. The topological polar surface area (TPSA) is 60.4 Å². The summed E-state index contributed by atoms with van der Waals surface area (Å²) in [7, 11) is 0. The van der Waals surface area contributed by atoms with E-state index in [4.69, 9.17) is 4.74 Å². The number of ketones is 2. The highest BCUT2D eigenvalue weighted by molar-refractivity contribution is 5.92. The molecule has 28 heavy (non-hydrogen) atoms. The summed E-state index contributed by atoms with van der Waals surface area (Å²) in [5.41, 5.74) is 1.15. The number of carbonyl (C=O) groups excluding carboxylic acids is 3. The first-order valence-corrected chi connectivity index (χ1v) is 10.7. The van der Waals surface area contributed by atoms with Gasteiger partial charge < -0.3 is 4.74 Å². The molecular formula is C24H32O4. The van der Waals surface area contributed by atoms with Gasteiger partial charge in [-0.05, 0) is 80.8 Å². The summed E-state index contributed by atoms with van der Waals surface area (Å²) >= 11 is 0. The zero-order valence-corrected chi connectivity index (χ0v) is 17.8. The van der Waals surface area contributed by atoms with Gasteiger partial charge in [-0.25, -0.2) is 0 Å². The Morgan fingerprint density at radius 3 is 2.39 bits per heavy atom. The third-order valence-electron chi connectivity index (χ3n) is 8.84. The van der Waals surface area contributed by atoms with Crippen LogP contribution in [0.1, 0.15) is 73.1 Å². The second kappa shape index (κ2) is 6.14. The van der Waals surface area contributed by atoms with E-state index in [9.17, 15) is 14.4 Å². The molecule has 0 saturated heterocycles. The first-order chi connectivity index (χ1) is 13.0. The van der Waals surface area contributed by atoms with Crippen LogP contribution in [0.4, 0.5) is 0 Å². The van der Waals surface area contributed by atoms with Crippen molar-refractivity contribution in [3.63, 3.8) is 0 Å². The summed E-state index contributed by atoms with van der Waals surface area (Å²) in [6, 6.07) is 0. The predicted molar refractivity (Wildman–Crippen MR) is 106 cm³/mol. The van der Waals surface area contributed by atoms with E-state index < -0.39 is 5.60 Å². The van der Waals surface area contributed by atoms with Crippen molar-refractivity contribution in [3.05, 3.63) is 23.3 Å². The number of hydrogen-bond acceptors (Lipinski definition) is 4. The van der Waals surface area contributed by atoms with Gasteiger partial charge >= 0.3 is 5.97 Å². The van der Waals surface area contributed by atoms with Gasteiger partial charge in [0.05, 0.1) is 0 Å². The molecule has 4 nitrogen and oxygen atoms in total. The quantitative estimate of drug-likeness (QED) is 0.654. The van der Waals surface area contributed by atoms with Crippen molar-refractivity contribution in [3.8, 4) is 0 Å². The lowest BCUT2D eigenvalue weighted by Crippen LogP contribution is -2.58. The van der Waals surface area contributed by atoms with Gasteiger partial charge in [0.1, 0.15) is 0 Å². The molecule has 6 atom stereocenters. The van der Waals surface area contributed by atoms with E-state index in [0.29, 0.717) is 30.6 Å². The number of esters is 1. The van der Waals surface area contributed by atoms with Gasteiger partial charge in [-0.2, -0.15) is 0 Å². The second-order valence-corrected chi connectivity index (χ2v) is 10.1. The Hall–Kier alpha value is -1.71. The van der Waals surface area contributed by atoms with E-state index in [0.717, 1.165) is 25.7 Å². The largest absolute Gasteiger partial charge is 0.451 e. The second-order valence-electron chi connectivity index (χ2n) is 10.1. The summed E-state index contributed by atoms with van der Waals surface area (Å²) in [6.07, 6.45) is 9.20. The molecular weight excluding hydrogens is 352 g/mol. The highest BCUT2D eigenvalue weighted by Gasteiger charge is 2.67. The fourth-order valence-corrected chi connectivity index (χ4v) is 7.48. The van der Waals surface area contributed by atoms with Gasteiger partial charge in [-0.1, -0.05) is 25.5 Å². The van der Waals surface area contributed by atoms with E-state index in [1.807, 2.05) is 6.08 Å². The fraction of sp³-hybridized carbons (Fsp3) is 0.708. The van der Waals surface area contributed by atoms with Crippen LogP contribution < -0.4 is 0 Å². The van der Waals surface area contributed by atoms with Gasteiger partial charge in [-0.15, -0.1) is 0 Å². The van der Waals surface area contributed by atoms with E-state index in [-0.39, 0.29) is 28.4 Å². The first kappa shape index (κ1) is 19.6. The Morgan fingerprint density at radius 1 is 1.07 bits per heavy atom. The maximum absolute atomic E-state index is 12.8. The standard InChI is InChI=1S/C24H32O4/c1-14-12-18-19(22(4)9-6-17(27)13-21(14)22)7-10-23(5)20(18)8-11-24(23,15(2)25)28-16(3)26/h12-13,18-20H,6-11H2,1-5H3/t18-,19+,20-,22+,23-,24-/m0/s1. The number of fused-ring (bicyclic) bond motifs is 5. The van der Waals surface area contributed by atoms with Crippen LogP contribution >= 0.6 is 0 Å². The highest BCUT2D eigenvalue weighted by atomic mass is 16.6. The van der Waals surface area contributed by atoms with E-state index in [2.05, 4.69) is 26.8 Å². The molecule has 0 unspecified atom stereocenters. The number of ether oxygens (including phenoxy) is 1. The molecule has 0 heterocycles. The Bertz CT molecular complexity index is 820. The monoisotopic (exact) mass is 384 g/mol. The molecule has 4 rings (SSSR count). The summed E-state index contributed by atoms with van der Waals surface area (Å²) < 4.78 is 5.82. The van der Waals surface area contributed by atoms with Crippen molar-refractivity contribution in [2.45, 2.75) is 78.7 Å². The van der Waals surface area contributed by atoms with Crippen LogP contribution in [-0.4, -0.2) is 23.1 Å². The Morgan fingerprint density at radius 2 is 1.75 bits per heavy atom. The minimum Gasteiger partial charge on any atom is -0.451 e. The van der Waals surface area contributed by atoms with Crippen LogP contribution in [0.5, 0.6) is 0 Å². The molecule has 2 fully saturated rings. The van der Waals surface area contributed by atoms with Crippen molar-refractivity contribution >= 4 is 17.5 Å². The van der Waals surface area contributed by atoms with Gasteiger partial charge in [0.2, 0.25) is 0 Å². The number of carbonyl (C=O) groups is 3. The average Bonchev–Trinajstić information content (AvgIpc) is 2.90. The number of rotatable bonds is 2. The van der Waals surface area contributed by atoms with E-state index >= 15 is 0 Å². The number of hydrogen-bond donors (Lipinski definition) is 0. The molecule has 0 amide bonds. The molecule has 2 saturated carbocycles. The number of Topliss-reactive ketones (excluding diaryl/α,β-unsaturated/α-hetero) is 1. The highest BCUT2D eigenvalue weighted by Crippen LogP contribution is 2.67. The Labute approximate surface area is 167 Å². The molecule has 0 aromatic rings. The molecule has 0 aromatic carbocycles. The smallest absolute Gasteiger partial charge is 0.303 e. The fourth-order valence-electron chi connectivity index (χ4n) is 7.48. The zero-order chi connectivity index (χ0) is 20.5. The van der Waals surface area contributed by atoms with Crippen LogP contribution in [0.15, 0.2) is 23.3 Å². The van der Waals surface area contributed by atoms with Gasteiger partial charge in [0.25, 0.3) is 0 Å². The van der Waals surface area contributed by atoms with Gasteiger partial charge in [0.15, 0.2) is 17.2 Å². The molecule has 0 bridgehead atoms. The van der Waals surface area contributed by atoms with Gasteiger partial charge in [0, 0.05) is 18.8 Å². The molecule has 152 valence electrons. The SMILES string of the molecule is CC(=O)O[C@]1(C(C)=O)CC[C@H]2[C@H]3C=C(C)C4=CC(=O)CC[C@]4(C)[C@@H]3CC[C@@]21C. The Balaban J connectivity index is 1.79. The third-order valence-corrected chi connectivity index (χ3v) is 8.84. The molecule has 0 spiro atoms. The van der Waals surface area contributed by atoms with Crippen LogP contribution in [0.2, 0.25) is 0 Å². The molecule has 4 aliphatic rings. The normalized spacial score (nSPS) is 44.6. The van der Waals surface area contributed by atoms with E-state index in [1.165, 1.54) is 18.1 Å². The zero-order valence-electron chi connectivity index (χ0n) is 17.8. The summed E-state index contributed by atoms with van der Waals surface area (Å²) in [4.78, 5) is 36.8. The summed E-state index contributed by atoms with van der Waals surface area (Å²) in [5.74, 6) is 1.03. The lowest BCUT2D eigenvalue weighted by molar-refractivity contribution is -0.185. The van der Waals surface area contributed by atoms with Crippen LogP contribution in [0.3, 0.4) is 0 Å². The van der Waals surface area contributed by atoms with Crippen LogP contribution in [0.25, 0.3) is 0 Å². The Kier molecular flexibility index (Phi) is 4.30. The average molecular weight is 385 g/mol. The van der Waals surface area contributed by atoms with Crippen LogP contribution in [-0.2, 0) is 19.1 Å². The molecule has 0 aliphatic heterocycles. The minimum atomic E-state index is -0.990. The molecule has 4 heteroatoms. The van der Waals surface area contributed by atoms with Crippen LogP contribution in [0, 0.1) is 28.6 Å². The van der Waals surface area contributed by atoms with Crippen molar-refractivity contribution in [1.29, 1.82) is 0 Å². The number of allylic oxidation sites excluding steroid dienone is 4. The third kappa shape index (κ3) is 2.39. The lowest BCUT2D eigenvalue weighted by atomic mass is 9.47. The molecule has 4 aliphatic carbocycles. The molecule has 0 N–H and O–H groups in total. The van der Waals surface area contributed by atoms with Crippen molar-refractivity contribution < 1.29 is 19.1 Å². The van der Waals surface area contributed by atoms with Gasteiger partial charge in [-0.3, -0.25) is 14.4 Å². The predicted octanol–water partition coefficient (Wildman–Crippen LogP) is 4.58. The summed E-state index contributed by atoms with van der Waals surface area (Å²) in [5, 5.41) is 0. The first-order valence-electron chi connectivity index (χ1n) is 10.7. The molecule has 0 aromatic heterocycles. The molecule has 0 radical (unpaired) electrons. The van der Waals surface area contributed by atoms with E-state index in [1.54, 1.807) is 6.92 Å². The summed E-state index contributed by atoms with van der Waals surface area (Å²) in [6.45, 7) is 9.63. The maximum Gasteiger partial charge on any atom is 0.303 e. The maximum atomic E-state index is 12.8. The minimum absolute atomic E-state index is 0.0160. The van der Waals surface area contributed by atoms with Crippen molar-refractivity contribution in [2.75, 3.05) is 0 Å². The van der Waals surface area contributed by atoms with Crippen molar-refractivity contribution in [1.82, 2.24) is 0 Å². The van der Waals surface area contributed by atoms with Crippen molar-refractivity contribution in [2.24, 2.45) is 28.6 Å².